The molecule has 88 valence electrons. The minimum Gasteiger partial charge on any atom is -0.393 e. The van der Waals surface area contributed by atoms with E-state index in [0.29, 0.717) is 5.92 Å². The maximum Gasteiger partial charge on any atom is 0.137 e. The Hall–Kier alpha value is -0.520. The Bertz CT molecular complexity index is 190. The van der Waals surface area contributed by atoms with Gasteiger partial charge in [0.05, 0.1) is 6.61 Å². The summed E-state index contributed by atoms with van der Waals surface area (Å²) in [4.78, 5) is 0. The molecule has 0 heterocycles. The van der Waals surface area contributed by atoms with Crippen LogP contribution in [0.4, 0.5) is 0 Å². The first-order valence-electron chi connectivity index (χ1n) is 6.04. The Balaban J connectivity index is 3.75. The van der Waals surface area contributed by atoms with Crippen molar-refractivity contribution in [3.05, 3.63) is 0 Å². The SMILES string of the molecule is CCCCCCC(C#CC(O)CO)CC. The van der Waals surface area contributed by atoms with Gasteiger partial charge in [0.15, 0.2) is 0 Å². The molecule has 2 unspecified atom stereocenters. The Labute approximate surface area is 93.7 Å². The van der Waals surface area contributed by atoms with Crippen molar-refractivity contribution in [3.8, 4) is 11.8 Å². The minimum absolute atomic E-state index is 0.265. The smallest absolute Gasteiger partial charge is 0.137 e. The Morgan fingerprint density at radius 1 is 1.07 bits per heavy atom. The van der Waals surface area contributed by atoms with Crippen LogP contribution in [-0.4, -0.2) is 22.9 Å². The normalized spacial score (nSPS) is 14.1. The number of rotatable bonds is 7. The predicted molar refractivity (Wildman–Crippen MR) is 63.4 cm³/mol. The van der Waals surface area contributed by atoms with Crippen molar-refractivity contribution in [1.82, 2.24) is 0 Å². The molecule has 0 aromatic rings. The highest BCUT2D eigenvalue weighted by Crippen LogP contribution is 2.13. The van der Waals surface area contributed by atoms with E-state index >= 15 is 0 Å². The van der Waals surface area contributed by atoms with E-state index in [4.69, 9.17) is 10.2 Å². The van der Waals surface area contributed by atoms with Crippen LogP contribution >= 0.6 is 0 Å². The summed E-state index contributed by atoms with van der Waals surface area (Å²) in [6.07, 6.45) is 6.32. The molecule has 0 saturated carbocycles. The fourth-order valence-corrected chi connectivity index (χ4v) is 1.46. The summed E-state index contributed by atoms with van der Waals surface area (Å²) in [5, 5.41) is 17.7. The fraction of sp³-hybridized carbons (Fsp3) is 0.846. The summed E-state index contributed by atoms with van der Waals surface area (Å²) in [5.41, 5.74) is 0. The lowest BCUT2D eigenvalue weighted by molar-refractivity contribution is 0.138. The third-order valence-electron chi connectivity index (χ3n) is 2.53. The van der Waals surface area contributed by atoms with Gasteiger partial charge in [0.1, 0.15) is 6.10 Å². The van der Waals surface area contributed by atoms with Gasteiger partial charge in [0, 0.05) is 5.92 Å². The Morgan fingerprint density at radius 3 is 2.33 bits per heavy atom. The van der Waals surface area contributed by atoms with E-state index in [2.05, 4.69) is 25.7 Å². The Kier molecular flexibility index (Phi) is 9.67. The molecule has 0 spiro atoms. The summed E-state index contributed by atoms with van der Waals surface area (Å²) >= 11 is 0. The van der Waals surface area contributed by atoms with Gasteiger partial charge in [-0.05, 0) is 12.8 Å². The molecule has 0 radical (unpaired) electrons. The number of unbranched alkanes of at least 4 members (excludes halogenated alkanes) is 3. The van der Waals surface area contributed by atoms with E-state index < -0.39 is 6.10 Å². The molecule has 0 aliphatic heterocycles. The maximum atomic E-state index is 9.09. The molecule has 2 nitrogen and oxygen atoms in total. The van der Waals surface area contributed by atoms with Crippen molar-refractivity contribution in [2.24, 2.45) is 5.92 Å². The highest BCUT2D eigenvalue weighted by Gasteiger charge is 2.02. The van der Waals surface area contributed by atoms with E-state index in [1.54, 1.807) is 0 Å². The molecule has 0 aromatic carbocycles. The number of hydrogen-bond acceptors (Lipinski definition) is 2. The van der Waals surface area contributed by atoms with Crippen LogP contribution in [0.5, 0.6) is 0 Å². The van der Waals surface area contributed by atoms with Crippen molar-refractivity contribution in [2.75, 3.05) is 6.61 Å². The number of hydrogen-bond donors (Lipinski definition) is 2. The topological polar surface area (TPSA) is 40.5 Å². The second kappa shape index (κ2) is 10.0. The second-order valence-electron chi connectivity index (χ2n) is 3.94. The summed E-state index contributed by atoms with van der Waals surface area (Å²) in [7, 11) is 0. The molecule has 0 rings (SSSR count). The van der Waals surface area contributed by atoms with Crippen LogP contribution in [0.1, 0.15) is 52.4 Å². The zero-order valence-electron chi connectivity index (χ0n) is 10.00. The van der Waals surface area contributed by atoms with Crippen LogP contribution in [0.25, 0.3) is 0 Å². The first-order chi connectivity index (χ1) is 7.24. The van der Waals surface area contributed by atoms with Crippen molar-refractivity contribution >= 4 is 0 Å². The van der Waals surface area contributed by atoms with E-state index in [-0.39, 0.29) is 6.61 Å². The standard InChI is InChI=1S/C13H24O2/c1-3-5-6-7-8-12(4-2)9-10-13(15)11-14/h12-15H,3-8,11H2,1-2H3. The summed E-state index contributed by atoms with van der Waals surface area (Å²) < 4.78 is 0. The van der Waals surface area contributed by atoms with Crippen molar-refractivity contribution in [3.63, 3.8) is 0 Å². The molecular formula is C13H24O2. The van der Waals surface area contributed by atoms with E-state index in [1.165, 1.54) is 25.7 Å². The second-order valence-corrected chi connectivity index (χ2v) is 3.94. The first kappa shape index (κ1) is 14.5. The van der Waals surface area contributed by atoms with Crippen molar-refractivity contribution in [2.45, 2.75) is 58.5 Å². The summed E-state index contributed by atoms with van der Waals surface area (Å²) in [6, 6.07) is 0. The van der Waals surface area contributed by atoms with Crippen LogP contribution in [0.3, 0.4) is 0 Å². The van der Waals surface area contributed by atoms with Crippen LogP contribution in [0, 0.1) is 17.8 Å². The van der Waals surface area contributed by atoms with E-state index in [1.807, 2.05) is 0 Å². The van der Waals surface area contributed by atoms with Crippen molar-refractivity contribution in [1.29, 1.82) is 0 Å². The van der Waals surface area contributed by atoms with Gasteiger partial charge in [-0.25, -0.2) is 0 Å². The van der Waals surface area contributed by atoms with Crippen LogP contribution in [0.2, 0.25) is 0 Å². The van der Waals surface area contributed by atoms with Crippen LogP contribution in [0.15, 0.2) is 0 Å². The molecule has 15 heavy (non-hydrogen) atoms. The molecule has 2 heteroatoms. The molecule has 0 saturated heterocycles. The lowest BCUT2D eigenvalue weighted by Crippen LogP contribution is -2.09. The predicted octanol–water partition coefficient (Wildman–Crippen LogP) is 2.34. The largest absolute Gasteiger partial charge is 0.393 e. The van der Waals surface area contributed by atoms with Gasteiger partial charge in [0.2, 0.25) is 0 Å². The van der Waals surface area contributed by atoms with Gasteiger partial charge in [-0.1, -0.05) is 51.4 Å². The van der Waals surface area contributed by atoms with Crippen LogP contribution in [-0.2, 0) is 0 Å². The van der Waals surface area contributed by atoms with Gasteiger partial charge in [-0.15, -0.1) is 0 Å². The molecule has 0 amide bonds. The zero-order chi connectivity index (χ0) is 11.5. The van der Waals surface area contributed by atoms with E-state index in [9.17, 15) is 0 Å². The van der Waals surface area contributed by atoms with E-state index in [0.717, 1.165) is 12.8 Å². The minimum atomic E-state index is -0.866. The zero-order valence-corrected chi connectivity index (χ0v) is 10.00. The molecule has 0 aromatic heterocycles. The first-order valence-corrected chi connectivity index (χ1v) is 6.04. The monoisotopic (exact) mass is 212 g/mol. The van der Waals surface area contributed by atoms with Crippen molar-refractivity contribution < 1.29 is 10.2 Å². The molecule has 0 aliphatic rings. The fourth-order valence-electron chi connectivity index (χ4n) is 1.46. The number of aliphatic hydroxyl groups excluding tert-OH is 2. The van der Waals surface area contributed by atoms with Gasteiger partial charge < -0.3 is 10.2 Å². The average molecular weight is 212 g/mol. The maximum absolute atomic E-state index is 9.09. The quantitative estimate of drug-likeness (QED) is 0.502. The van der Waals surface area contributed by atoms with Gasteiger partial charge in [-0.2, -0.15) is 0 Å². The van der Waals surface area contributed by atoms with Gasteiger partial charge in [-0.3, -0.25) is 0 Å². The Morgan fingerprint density at radius 2 is 1.80 bits per heavy atom. The number of aliphatic hydroxyl groups is 2. The molecule has 2 N–H and O–H groups in total. The van der Waals surface area contributed by atoms with Gasteiger partial charge >= 0.3 is 0 Å². The molecule has 0 aliphatic carbocycles. The highest BCUT2D eigenvalue weighted by molar-refractivity contribution is 5.07. The molecule has 0 bridgehead atoms. The van der Waals surface area contributed by atoms with Crippen LogP contribution < -0.4 is 0 Å². The average Bonchev–Trinajstić information content (AvgIpc) is 2.27. The lowest BCUT2D eigenvalue weighted by atomic mass is 9.98. The molecule has 0 fully saturated rings. The van der Waals surface area contributed by atoms with Gasteiger partial charge in [0.25, 0.3) is 0 Å². The summed E-state index contributed by atoms with van der Waals surface area (Å²) in [5.74, 6) is 6.09. The third-order valence-corrected chi connectivity index (χ3v) is 2.53. The summed E-state index contributed by atoms with van der Waals surface area (Å²) in [6.45, 7) is 4.05. The lowest BCUT2D eigenvalue weighted by Gasteiger charge is -2.07. The molecular weight excluding hydrogens is 188 g/mol. The highest BCUT2D eigenvalue weighted by atomic mass is 16.3. The molecule has 2 atom stereocenters. The third kappa shape index (κ3) is 8.47.